The molecule has 1 unspecified atom stereocenters. The predicted octanol–water partition coefficient (Wildman–Crippen LogP) is 2.65. The number of ether oxygens (including phenoxy) is 2. The van der Waals surface area contributed by atoms with Crippen molar-refractivity contribution in [1.29, 1.82) is 0 Å². The molecule has 20 heavy (non-hydrogen) atoms. The minimum atomic E-state index is -0.940. The summed E-state index contributed by atoms with van der Waals surface area (Å²) < 4.78 is 11.0. The van der Waals surface area contributed by atoms with E-state index >= 15 is 0 Å². The Labute approximate surface area is 124 Å². The normalized spacial score (nSPS) is 18.9. The van der Waals surface area contributed by atoms with Gasteiger partial charge in [-0.15, -0.1) is 0 Å². The standard InChI is InChI=1S/C15H20ClNO3/c1-15(2,20-13-5-3-4-12(16)8-13)14(18)17-9-11-6-7-19-10-11/h3-5,8,11H,6-7,9-10H2,1-2H3,(H,17,18). The highest BCUT2D eigenvalue weighted by Crippen LogP contribution is 2.22. The molecule has 1 aliphatic rings. The van der Waals surface area contributed by atoms with Gasteiger partial charge in [-0.25, -0.2) is 0 Å². The van der Waals surface area contributed by atoms with Crippen molar-refractivity contribution in [3.8, 4) is 5.75 Å². The molecule has 0 bridgehead atoms. The van der Waals surface area contributed by atoms with Gasteiger partial charge in [0.2, 0.25) is 0 Å². The Morgan fingerprint density at radius 3 is 3.00 bits per heavy atom. The van der Waals surface area contributed by atoms with Gasteiger partial charge in [0.15, 0.2) is 5.60 Å². The van der Waals surface area contributed by atoms with Crippen LogP contribution in [0.25, 0.3) is 0 Å². The zero-order chi connectivity index (χ0) is 14.6. The molecular formula is C15H20ClNO3. The molecule has 1 saturated heterocycles. The lowest BCUT2D eigenvalue weighted by Crippen LogP contribution is -2.47. The molecule has 1 aromatic carbocycles. The third-order valence-corrected chi connectivity index (χ3v) is 3.53. The van der Waals surface area contributed by atoms with E-state index in [1.54, 1.807) is 38.1 Å². The Hall–Kier alpha value is -1.26. The second-order valence-corrected chi connectivity index (χ2v) is 5.95. The number of carbonyl (C=O) groups is 1. The lowest BCUT2D eigenvalue weighted by atomic mass is 10.1. The highest BCUT2D eigenvalue weighted by atomic mass is 35.5. The van der Waals surface area contributed by atoms with Crippen molar-refractivity contribution in [3.63, 3.8) is 0 Å². The molecule has 5 heteroatoms. The van der Waals surface area contributed by atoms with Crippen molar-refractivity contribution in [2.75, 3.05) is 19.8 Å². The van der Waals surface area contributed by atoms with Crippen LogP contribution in [0.4, 0.5) is 0 Å². The van der Waals surface area contributed by atoms with E-state index in [-0.39, 0.29) is 5.91 Å². The molecule has 1 N–H and O–H groups in total. The van der Waals surface area contributed by atoms with Crippen LogP contribution in [0.1, 0.15) is 20.3 Å². The number of carbonyl (C=O) groups excluding carboxylic acids is 1. The van der Waals surface area contributed by atoms with Gasteiger partial charge in [-0.2, -0.15) is 0 Å². The molecule has 1 fully saturated rings. The van der Waals surface area contributed by atoms with Crippen molar-refractivity contribution >= 4 is 17.5 Å². The zero-order valence-electron chi connectivity index (χ0n) is 11.8. The molecule has 0 aliphatic carbocycles. The third-order valence-electron chi connectivity index (χ3n) is 3.29. The Bertz CT molecular complexity index is 470. The SMILES string of the molecule is CC(C)(Oc1cccc(Cl)c1)C(=O)NCC1CCOC1. The van der Waals surface area contributed by atoms with E-state index in [0.717, 1.165) is 19.6 Å². The molecular weight excluding hydrogens is 278 g/mol. The first kappa shape index (κ1) is 15.1. The predicted molar refractivity (Wildman–Crippen MR) is 78.1 cm³/mol. The van der Waals surface area contributed by atoms with Crippen molar-refractivity contribution in [3.05, 3.63) is 29.3 Å². The molecule has 1 atom stereocenters. The van der Waals surface area contributed by atoms with Gasteiger partial charge in [-0.05, 0) is 38.5 Å². The van der Waals surface area contributed by atoms with Gasteiger partial charge in [-0.1, -0.05) is 17.7 Å². The van der Waals surface area contributed by atoms with E-state index in [9.17, 15) is 4.79 Å². The number of amides is 1. The average Bonchev–Trinajstić information content (AvgIpc) is 2.88. The van der Waals surface area contributed by atoms with Crippen LogP contribution < -0.4 is 10.1 Å². The van der Waals surface area contributed by atoms with Crippen LogP contribution in [0.2, 0.25) is 5.02 Å². The summed E-state index contributed by atoms with van der Waals surface area (Å²) in [5.74, 6) is 0.854. The largest absolute Gasteiger partial charge is 0.478 e. The number of benzene rings is 1. The molecule has 1 heterocycles. The molecule has 0 saturated carbocycles. The summed E-state index contributed by atoms with van der Waals surface area (Å²) in [6.45, 7) is 5.61. The van der Waals surface area contributed by atoms with Crippen molar-refractivity contribution < 1.29 is 14.3 Å². The van der Waals surface area contributed by atoms with Gasteiger partial charge in [0, 0.05) is 24.1 Å². The number of nitrogens with one attached hydrogen (secondary N) is 1. The molecule has 2 rings (SSSR count). The van der Waals surface area contributed by atoms with E-state index in [0.29, 0.717) is 23.2 Å². The average molecular weight is 298 g/mol. The van der Waals surface area contributed by atoms with Crippen LogP contribution in [0.15, 0.2) is 24.3 Å². The Kier molecular flexibility index (Phi) is 4.89. The van der Waals surface area contributed by atoms with E-state index in [1.807, 2.05) is 0 Å². The van der Waals surface area contributed by atoms with Gasteiger partial charge in [0.25, 0.3) is 5.91 Å². The third kappa shape index (κ3) is 4.12. The first-order valence-corrected chi connectivity index (χ1v) is 7.16. The molecule has 1 aromatic rings. The first-order valence-electron chi connectivity index (χ1n) is 6.78. The van der Waals surface area contributed by atoms with Crippen LogP contribution in [-0.4, -0.2) is 31.3 Å². The van der Waals surface area contributed by atoms with Crippen LogP contribution in [0.5, 0.6) is 5.75 Å². The van der Waals surface area contributed by atoms with Crippen molar-refractivity contribution in [2.24, 2.45) is 5.92 Å². The first-order chi connectivity index (χ1) is 9.47. The van der Waals surface area contributed by atoms with Gasteiger partial charge in [0.1, 0.15) is 5.75 Å². The zero-order valence-corrected chi connectivity index (χ0v) is 12.6. The number of rotatable bonds is 5. The highest BCUT2D eigenvalue weighted by molar-refractivity contribution is 6.30. The monoisotopic (exact) mass is 297 g/mol. The smallest absolute Gasteiger partial charge is 0.263 e. The molecule has 0 aromatic heterocycles. The number of hydrogen-bond acceptors (Lipinski definition) is 3. The van der Waals surface area contributed by atoms with Crippen LogP contribution in [-0.2, 0) is 9.53 Å². The van der Waals surface area contributed by atoms with E-state index in [2.05, 4.69) is 5.32 Å². The molecule has 0 radical (unpaired) electrons. The fourth-order valence-corrected chi connectivity index (χ4v) is 2.25. The maximum Gasteiger partial charge on any atom is 0.263 e. The van der Waals surface area contributed by atoms with Crippen LogP contribution in [0.3, 0.4) is 0 Å². The fourth-order valence-electron chi connectivity index (χ4n) is 2.07. The lowest BCUT2D eigenvalue weighted by molar-refractivity contribution is -0.134. The Morgan fingerprint density at radius 1 is 1.55 bits per heavy atom. The van der Waals surface area contributed by atoms with E-state index in [4.69, 9.17) is 21.1 Å². The Morgan fingerprint density at radius 2 is 2.35 bits per heavy atom. The highest BCUT2D eigenvalue weighted by Gasteiger charge is 2.30. The second kappa shape index (κ2) is 6.46. The quantitative estimate of drug-likeness (QED) is 0.909. The minimum Gasteiger partial charge on any atom is -0.478 e. The summed E-state index contributed by atoms with van der Waals surface area (Å²) in [5.41, 5.74) is -0.940. The summed E-state index contributed by atoms with van der Waals surface area (Å²) in [7, 11) is 0. The summed E-state index contributed by atoms with van der Waals surface area (Å²) >= 11 is 5.91. The summed E-state index contributed by atoms with van der Waals surface area (Å²) in [6, 6.07) is 7.04. The van der Waals surface area contributed by atoms with Gasteiger partial charge >= 0.3 is 0 Å². The van der Waals surface area contributed by atoms with E-state index < -0.39 is 5.60 Å². The molecule has 0 spiro atoms. The Balaban J connectivity index is 1.89. The molecule has 1 aliphatic heterocycles. The minimum absolute atomic E-state index is 0.135. The van der Waals surface area contributed by atoms with Crippen molar-refractivity contribution in [1.82, 2.24) is 5.32 Å². The van der Waals surface area contributed by atoms with Crippen LogP contribution in [0, 0.1) is 5.92 Å². The van der Waals surface area contributed by atoms with Crippen molar-refractivity contribution in [2.45, 2.75) is 25.9 Å². The molecule has 4 nitrogen and oxygen atoms in total. The number of halogens is 1. The van der Waals surface area contributed by atoms with E-state index in [1.165, 1.54) is 0 Å². The maximum absolute atomic E-state index is 12.2. The summed E-state index contributed by atoms with van der Waals surface area (Å²) in [6.07, 6.45) is 0.996. The van der Waals surface area contributed by atoms with Gasteiger partial charge in [0.05, 0.1) is 6.61 Å². The maximum atomic E-state index is 12.2. The molecule has 1 amide bonds. The van der Waals surface area contributed by atoms with Gasteiger partial charge < -0.3 is 14.8 Å². The van der Waals surface area contributed by atoms with Gasteiger partial charge in [-0.3, -0.25) is 4.79 Å². The summed E-state index contributed by atoms with van der Waals surface area (Å²) in [4.78, 5) is 12.2. The second-order valence-electron chi connectivity index (χ2n) is 5.51. The van der Waals surface area contributed by atoms with Crippen LogP contribution >= 0.6 is 11.6 Å². The topological polar surface area (TPSA) is 47.6 Å². The summed E-state index contributed by atoms with van der Waals surface area (Å²) in [5, 5.41) is 3.51. The molecule has 110 valence electrons. The lowest BCUT2D eigenvalue weighted by Gasteiger charge is -2.26. The number of hydrogen-bond donors (Lipinski definition) is 1. The fraction of sp³-hybridized carbons (Fsp3) is 0.533.